The molecule has 2 heterocycles. The SMILES string of the molecule is CCCOc1ccc(C2=Cc3ccc4c(c3OC2)C=CC(C)(C)O4)c(OC)c1. The summed E-state index contributed by atoms with van der Waals surface area (Å²) in [5.41, 5.74) is 3.84. The molecule has 0 aliphatic carbocycles. The van der Waals surface area contributed by atoms with Gasteiger partial charge in [-0.25, -0.2) is 0 Å². The molecule has 0 aromatic heterocycles. The van der Waals surface area contributed by atoms with Crippen molar-refractivity contribution in [3.8, 4) is 23.0 Å². The highest BCUT2D eigenvalue weighted by atomic mass is 16.5. The quantitative estimate of drug-likeness (QED) is 0.678. The molecule has 0 saturated heterocycles. The number of benzene rings is 2. The molecule has 2 aromatic carbocycles. The molecule has 2 aromatic rings. The first-order valence-corrected chi connectivity index (χ1v) is 9.70. The van der Waals surface area contributed by atoms with Gasteiger partial charge in [0, 0.05) is 22.8 Å². The minimum Gasteiger partial charge on any atom is -0.496 e. The zero-order chi connectivity index (χ0) is 19.7. The fourth-order valence-corrected chi connectivity index (χ4v) is 3.50. The van der Waals surface area contributed by atoms with Crippen molar-refractivity contribution in [1.82, 2.24) is 0 Å². The van der Waals surface area contributed by atoms with Crippen molar-refractivity contribution < 1.29 is 18.9 Å². The Kier molecular flexibility index (Phi) is 4.80. The van der Waals surface area contributed by atoms with Crippen molar-refractivity contribution in [1.29, 1.82) is 0 Å². The van der Waals surface area contributed by atoms with Crippen LogP contribution in [0.4, 0.5) is 0 Å². The lowest BCUT2D eigenvalue weighted by Gasteiger charge is -2.30. The van der Waals surface area contributed by atoms with Gasteiger partial charge in [-0.15, -0.1) is 0 Å². The van der Waals surface area contributed by atoms with E-state index in [0.29, 0.717) is 13.2 Å². The van der Waals surface area contributed by atoms with Crippen LogP contribution in [0.5, 0.6) is 23.0 Å². The van der Waals surface area contributed by atoms with E-state index in [9.17, 15) is 0 Å². The summed E-state index contributed by atoms with van der Waals surface area (Å²) in [6.07, 6.45) is 7.30. The summed E-state index contributed by atoms with van der Waals surface area (Å²) in [5.74, 6) is 3.34. The van der Waals surface area contributed by atoms with Crippen LogP contribution in [-0.2, 0) is 0 Å². The summed E-state index contributed by atoms with van der Waals surface area (Å²) in [6.45, 7) is 7.36. The molecule has 0 N–H and O–H groups in total. The van der Waals surface area contributed by atoms with Gasteiger partial charge in [0.05, 0.1) is 19.3 Å². The number of rotatable bonds is 5. The second-order valence-corrected chi connectivity index (χ2v) is 7.60. The third-order valence-corrected chi connectivity index (χ3v) is 4.90. The first-order chi connectivity index (χ1) is 13.5. The van der Waals surface area contributed by atoms with Gasteiger partial charge in [-0.1, -0.05) is 6.92 Å². The van der Waals surface area contributed by atoms with Crippen LogP contribution >= 0.6 is 0 Å². The Labute approximate surface area is 166 Å². The van der Waals surface area contributed by atoms with Gasteiger partial charge in [0.25, 0.3) is 0 Å². The molecule has 2 aliphatic rings. The molecule has 0 atom stereocenters. The van der Waals surface area contributed by atoms with Crippen molar-refractivity contribution in [3.63, 3.8) is 0 Å². The van der Waals surface area contributed by atoms with E-state index in [1.165, 1.54) is 0 Å². The molecule has 0 saturated carbocycles. The van der Waals surface area contributed by atoms with E-state index in [2.05, 4.69) is 25.2 Å². The highest BCUT2D eigenvalue weighted by molar-refractivity contribution is 5.90. The Morgan fingerprint density at radius 2 is 2.00 bits per heavy atom. The summed E-state index contributed by atoms with van der Waals surface area (Å²) < 4.78 is 23.6. The van der Waals surface area contributed by atoms with E-state index in [1.807, 2.05) is 44.2 Å². The number of methoxy groups -OCH3 is 1. The van der Waals surface area contributed by atoms with Gasteiger partial charge in [-0.3, -0.25) is 0 Å². The van der Waals surface area contributed by atoms with Crippen molar-refractivity contribution >= 4 is 17.7 Å². The maximum absolute atomic E-state index is 6.17. The molecule has 0 radical (unpaired) electrons. The fourth-order valence-electron chi connectivity index (χ4n) is 3.50. The Bertz CT molecular complexity index is 953. The van der Waals surface area contributed by atoms with Gasteiger partial charge in [0.2, 0.25) is 0 Å². The largest absolute Gasteiger partial charge is 0.496 e. The van der Waals surface area contributed by atoms with Crippen LogP contribution in [-0.4, -0.2) is 25.9 Å². The average Bonchev–Trinajstić information content (AvgIpc) is 2.70. The molecule has 0 amide bonds. The molecule has 0 unspecified atom stereocenters. The van der Waals surface area contributed by atoms with Gasteiger partial charge in [-0.2, -0.15) is 0 Å². The van der Waals surface area contributed by atoms with Crippen LogP contribution in [0.1, 0.15) is 43.9 Å². The Balaban J connectivity index is 1.69. The van der Waals surface area contributed by atoms with Crippen molar-refractivity contribution in [2.75, 3.05) is 20.3 Å². The highest BCUT2D eigenvalue weighted by Gasteiger charge is 2.26. The second kappa shape index (κ2) is 7.27. The van der Waals surface area contributed by atoms with Gasteiger partial charge in [0.15, 0.2) is 0 Å². The fraction of sp³-hybridized carbons (Fsp3) is 0.333. The van der Waals surface area contributed by atoms with Crippen molar-refractivity contribution in [3.05, 3.63) is 53.1 Å². The van der Waals surface area contributed by atoms with Gasteiger partial charge in [-0.05, 0) is 62.8 Å². The number of hydrogen-bond donors (Lipinski definition) is 0. The van der Waals surface area contributed by atoms with Crippen LogP contribution in [0.15, 0.2) is 36.4 Å². The monoisotopic (exact) mass is 378 g/mol. The molecule has 0 spiro atoms. The summed E-state index contributed by atoms with van der Waals surface area (Å²) in [7, 11) is 1.68. The van der Waals surface area contributed by atoms with E-state index >= 15 is 0 Å². The highest BCUT2D eigenvalue weighted by Crippen LogP contribution is 2.43. The lowest BCUT2D eigenvalue weighted by Crippen LogP contribution is -2.27. The lowest BCUT2D eigenvalue weighted by atomic mass is 9.95. The Morgan fingerprint density at radius 1 is 1.14 bits per heavy atom. The molecule has 4 rings (SSSR count). The lowest BCUT2D eigenvalue weighted by molar-refractivity contribution is 0.158. The predicted molar refractivity (Wildman–Crippen MR) is 112 cm³/mol. The summed E-state index contributed by atoms with van der Waals surface area (Å²) in [5, 5.41) is 0. The van der Waals surface area contributed by atoms with Gasteiger partial charge < -0.3 is 18.9 Å². The molecule has 2 aliphatic heterocycles. The average molecular weight is 378 g/mol. The number of fused-ring (bicyclic) bond motifs is 3. The Hall–Kier alpha value is -2.88. The Morgan fingerprint density at radius 3 is 2.79 bits per heavy atom. The van der Waals surface area contributed by atoms with Crippen LogP contribution in [0.3, 0.4) is 0 Å². The van der Waals surface area contributed by atoms with Crippen LogP contribution in [0.2, 0.25) is 0 Å². The topological polar surface area (TPSA) is 36.9 Å². The first-order valence-electron chi connectivity index (χ1n) is 9.70. The molecular formula is C24H26O4. The maximum Gasteiger partial charge on any atom is 0.137 e. The van der Waals surface area contributed by atoms with Crippen LogP contribution < -0.4 is 18.9 Å². The normalized spacial score (nSPS) is 16.2. The minimum absolute atomic E-state index is 0.300. The number of hydrogen-bond acceptors (Lipinski definition) is 4. The zero-order valence-corrected chi connectivity index (χ0v) is 16.9. The molecule has 28 heavy (non-hydrogen) atoms. The molecule has 4 heteroatoms. The molecule has 146 valence electrons. The minimum atomic E-state index is -0.300. The van der Waals surface area contributed by atoms with E-state index in [0.717, 1.165) is 51.7 Å². The second-order valence-electron chi connectivity index (χ2n) is 7.60. The molecular weight excluding hydrogens is 352 g/mol. The molecule has 0 fully saturated rings. The van der Waals surface area contributed by atoms with E-state index in [-0.39, 0.29) is 5.60 Å². The maximum atomic E-state index is 6.17. The standard InChI is InChI=1S/C24H26O4/c1-5-12-26-18-7-8-19(22(14-18)25-4)17-13-16-6-9-21-20(23(16)27-15-17)10-11-24(2,3)28-21/h6-11,13-14H,5,12,15H2,1-4H3. The third kappa shape index (κ3) is 3.47. The van der Waals surface area contributed by atoms with E-state index in [4.69, 9.17) is 18.9 Å². The summed E-state index contributed by atoms with van der Waals surface area (Å²) in [6, 6.07) is 10.0. The van der Waals surface area contributed by atoms with Crippen molar-refractivity contribution in [2.45, 2.75) is 32.8 Å². The van der Waals surface area contributed by atoms with Gasteiger partial charge >= 0.3 is 0 Å². The molecule has 0 bridgehead atoms. The number of ether oxygens (including phenoxy) is 4. The smallest absolute Gasteiger partial charge is 0.137 e. The van der Waals surface area contributed by atoms with Crippen molar-refractivity contribution in [2.24, 2.45) is 0 Å². The van der Waals surface area contributed by atoms with E-state index in [1.54, 1.807) is 7.11 Å². The first kappa shape index (κ1) is 18.5. The molecule has 4 nitrogen and oxygen atoms in total. The predicted octanol–water partition coefficient (Wildman–Crippen LogP) is 5.60. The van der Waals surface area contributed by atoms with Gasteiger partial charge in [0.1, 0.15) is 35.2 Å². The third-order valence-electron chi connectivity index (χ3n) is 4.90. The van der Waals surface area contributed by atoms with Crippen LogP contribution in [0, 0.1) is 0 Å². The van der Waals surface area contributed by atoms with E-state index < -0.39 is 0 Å². The zero-order valence-electron chi connectivity index (χ0n) is 16.9. The van der Waals surface area contributed by atoms with Crippen LogP contribution in [0.25, 0.3) is 17.7 Å². The summed E-state index contributed by atoms with van der Waals surface area (Å²) in [4.78, 5) is 0. The summed E-state index contributed by atoms with van der Waals surface area (Å²) >= 11 is 0.